The number of nitriles is 1. The molecule has 3 aromatic rings. The number of fused-ring (bicyclic) bond motifs is 2. The zero-order chi connectivity index (χ0) is 25.5. The summed E-state index contributed by atoms with van der Waals surface area (Å²) in [6.07, 6.45) is 1.66. The molecule has 0 unspecified atom stereocenters. The topological polar surface area (TPSA) is 87.0 Å². The number of nitrogens with zero attached hydrogens (tertiary/aromatic N) is 2. The van der Waals surface area contributed by atoms with E-state index in [4.69, 9.17) is 4.43 Å². The lowest BCUT2D eigenvalue weighted by Gasteiger charge is -2.37. The monoisotopic (exact) mass is 488 g/mol. The van der Waals surface area contributed by atoms with Gasteiger partial charge in [-0.3, -0.25) is 4.79 Å². The van der Waals surface area contributed by atoms with E-state index in [2.05, 4.69) is 55.6 Å². The number of carbonyl (C=O) groups excluding carboxylic acids is 1. The fourth-order valence-electron chi connectivity index (χ4n) is 3.70. The van der Waals surface area contributed by atoms with Gasteiger partial charge < -0.3 is 15.1 Å². The van der Waals surface area contributed by atoms with Crippen LogP contribution in [0.15, 0.2) is 42.6 Å². The first kappa shape index (κ1) is 24.4. The Hall–Kier alpha value is -3.70. The number of anilines is 4. The van der Waals surface area contributed by atoms with Gasteiger partial charge in [-0.05, 0) is 66.5 Å². The van der Waals surface area contributed by atoms with Gasteiger partial charge in [0.05, 0.1) is 28.6 Å². The minimum atomic E-state index is -2.14. The van der Waals surface area contributed by atoms with Crippen LogP contribution in [0, 0.1) is 24.1 Å². The number of benzene rings is 2. The van der Waals surface area contributed by atoms with E-state index in [1.807, 2.05) is 6.92 Å². The van der Waals surface area contributed by atoms with Crippen molar-refractivity contribution in [1.82, 2.24) is 4.98 Å². The highest BCUT2D eigenvalue weighted by Gasteiger charge is 2.39. The number of aromatic nitrogens is 1. The molecule has 0 atom stereocenters. The van der Waals surface area contributed by atoms with Crippen LogP contribution >= 0.6 is 0 Å². The zero-order valence-electron chi connectivity index (χ0n) is 20.8. The third-order valence-electron chi connectivity index (χ3n) is 6.77. The molecule has 0 spiro atoms. The summed E-state index contributed by atoms with van der Waals surface area (Å²) < 4.78 is 21.5. The van der Waals surface area contributed by atoms with E-state index < -0.39 is 14.1 Å². The Morgan fingerprint density at radius 3 is 2.60 bits per heavy atom. The second kappa shape index (κ2) is 8.82. The summed E-state index contributed by atoms with van der Waals surface area (Å²) in [6.45, 7) is 12.6. The summed E-state index contributed by atoms with van der Waals surface area (Å²) in [5.74, 6) is 0.393. The lowest BCUT2D eigenvalue weighted by Crippen LogP contribution is -2.44. The number of rotatable bonds is 4. The Kier molecular flexibility index (Phi) is 6.15. The van der Waals surface area contributed by atoms with Crippen LogP contribution in [0.2, 0.25) is 18.1 Å². The molecule has 1 aliphatic heterocycles. The number of hydrogen-bond acceptors (Lipinski definition) is 6. The summed E-state index contributed by atoms with van der Waals surface area (Å²) >= 11 is 0. The Balaban J connectivity index is 1.71. The Bertz CT molecular complexity index is 1370. The van der Waals surface area contributed by atoms with Crippen molar-refractivity contribution in [2.45, 2.75) is 52.2 Å². The second-order valence-electron chi connectivity index (χ2n) is 10.4. The van der Waals surface area contributed by atoms with E-state index >= 15 is 4.39 Å². The molecule has 180 valence electrons. The van der Waals surface area contributed by atoms with Gasteiger partial charge in [0.15, 0.2) is 5.78 Å². The molecule has 4 rings (SSSR count). The van der Waals surface area contributed by atoms with Gasteiger partial charge in [0, 0.05) is 24.4 Å². The van der Waals surface area contributed by atoms with Crippen molar-refractivity contribution in [3.8, 4) is 11.8 Å². The molecule has 0 amide bonds. The van der Waals surface area contributed by atoms with Crippen LogP contribution in [0.3, 0.4) is 0 Å². The minimum absolute atomic E-state index is 0.0116. The molecule has 0 aliphatic carbocycles. The van der Waals surface area contributed by atoms with Crippen molar-refractivity contribution in [1.29, 1.82) is 5.26 Å². The molecule has 2 heterocycles. The van der Waals surface area contributed by atoms with E-state index in [-0.39, 0.29) is 22.9 Å². The Morgan fingerprint density at radius 2 is 1.91 bits per heavy atom. The van der Waals surface area contributed by atoms with Crippen LogP contribution < -0.4 is 15.1 Å². The predicted octanol–water partition coefficient (Wildman–Crippen LogP) is 7.01. The molecular weight excluding hydrogens is 459 g/mol. The average molecular weight is 489 g/mol. The molecule has 1 aromatic heterocycles. The summed E-state index contributed by atoms with van der Waals surface area (Å²) in [7, 11) is -2.14. The predicted molar refractivity (Wildman–Crippen MR) is 139 cm³/mol. The number of ketones is 1. The normalized spacial score (nSPS) is 13.1. The fourth-order valence-corrected chi connectivity index (χ4v) is 4.77. The van der Waals surface area contributed by atoms with Crippen molar-refractivity contribution in [3.63, 3.8) is 0 Å². The molecule has 0 saturated heterocycles. The summed E-state index contributed by atoms with van der Waals surface area (Å²) in [6, 6.07) is 12.0. The van der Waals surface area contributed by atoms with Gasteiger partial charge in [-0.15, -0.1) is 0 Å². The van der Waals surface area contributed by atoms with E-state index in [1.165, 1.54) is 6.07 Å². The number of carbonyl (C=O) groups is 1. The highest BCUT2D eigenvalue weighted by atomic mass is 28.4. The smallest absolute Gasteiger partial charge is 0.250 e. The molecule has 2 aromatic carbocycles. The zero-order valence-corrected chi connectivity index (χ0v) is 21.8. The van der Waals surface area contributed by atoms with Gasteiger partial charge >= 0.3 is 0 Å². The van der Waals surface area contributed by atoms with Gasteiger partial charge in [-0.25, -0.2) is 9.37 Å². The average Bonchev–Trinajstić information content (AvgIpc) is 2.91. The lowest BCUT2D eigenvalue weighted by atomic mass is 10.0. The largest absolute Gasteiger partial charge is 0.543 e. The number of hydrogen-bond donors (Lipinski definition) is 2. The molecular formula is C27H29FN4O2Si. The van der Waals surface area contributed by atoms with E-state index in [0.717, 1.165) is 0 Å². The molecule has 8 heteroatoms. The standard InChI is InChI=1S/C27H29FN4O2Si/c1-16-11-19(28)22(14-24(16)34-35(5,6)27(2,3)4)31-21-9-10-30-26-25(21)23(33)13-18-12-17(15-29)7-8-20(18)32-26/h7-12,14H,13H2,1-6H3,(H2,30,31,32). The Morgan fingerprint density at radius 1 is 1.17 bits per heavy atom. The van der Waals surface area contributed by atoms with Crippen LogP contribution in [0.25, 0.3) is 0 Å². The van der Waals surface area contributed by atoms with Crippen molar-refractivity contribution < 1.29 is 13.6 Å². The maximum Gasteiger partial charge on any atom is 0.250 e. The third-order valence-corrected chi connectivity index (χ3v) is 11.1. The number of halogens is 1. The first-order chi connectivity index (χ1) is 16.4. The lowest BCUT2D eigenvalue weighted by molar-refractivity contribution is 0.0995. The molecule has 0 saturated carbocycles. The van der Waals surface area contributed by atoms with Gasteiger partial charge in [0.2, 0.25) is 8.32 Å². The molecule has 0 radical (unpaired) electrons. The van der Waals surface area contributed by atoms with Crippen molar-refractivity contribution in [2.24, 2.45) is 0 Å². The third kappa shape index (κ3) is 4.77. The van der Waals surface area contributed by atoms with Gasteiger partial charge in [0.1, 0.15) is 17.4 Å². The van der Waals surface area contributed by atoms with Gasteiger partial charge in [-0.1, -0.05) is 20.8 Å². The summed E-state index contributed by atoms with van der Waals surface area (Å²) in [5, 5.41) is 15.5. The van der Waals surface area contributed by atoms with Crippen molar-refractivity contribution in [3.05, 3.63) is 70.7 Å². The quantitative estimate of drug-likeness (QED) is 0.384. The summed E-state index contributed by atoms with van der Waals surface area (Å²) in [4.78, 5) is 17.6. The molecule has 2 N–H and O–H groups in total. The summed E-state index contributed by atoms with van der Waals surface area (Å²) in [5.41, 5.74) is 3.63. The van der Waals surface area contributed by atoms with E-state index in [9.17, 15) is 10.1 Å². The highest BCUT2D eigenvalue weighted by Crippen LogP contribution is 2.40. The molecule has 35 heavy (non-hydrogen) atoms. The number of nitrogens with one attached hydrogen (secondary N) is 2. The van der Waals surface area contributed by atoms with E-state index in [1.54, 1.807) is 36.5 Å². The van der Waals surface area contributed by atoms with Crippen LogP contribution in [0.1, 0.15) is 47.8 Å². The number of Topliss-reactive ketones (excluding diaryl/α,β-unsaturated/α-hetero) is 1. The number of aryl methyl sites for hydroxylation is 1. The van der Waals surface area contributed by atoms with E-state index in [0.29, 0.717) is 45.2 Å². The molecule has 0 bridgehead atoms. The van der Waals surface area contributed by atoms with Crippen molar-refractivity contribution in [2.75, 3.05) is 10.6 Å². The fraction of sp³-hybridized carbons (Fsp3) is 0.296. The molecule has 1 aliphatic rings. The maximum absolute atomic E-state index is 15.0. The van der Waals surface area contributed by atoms with Crippen LogP contribution in [-0.4, -0.2) is 19.1 Å². The molecule has 0 fully saturated rings. The van der Waals surface area contributed by atoms with Crippen molar-refractivity contribution >= 4 is 37.0 Å². The molecule has 6 nitrogen and oxygen atoms in total. The first-order valence-corrected chi connectivity index (χ1v) is 14.4. The van der Waals surface area contributed by atoms with Crippen LogP contribution in [-0.2, 0) is 6.42 Å². The maximum atomic E-state index is 15.0. The van der Waals surface area contributed by atoms with Crippen LogP contribution in [0.4, 0.5) is 27.3 Å². The highest BCUT2D eigenvalue weighted by molar-refractivity contribution is 6.74. The Labute approximate surface area is 206 Å². The number of pyridine rings is 1. The van der Waals surface area contributed by atoms with Gasteiger partial charge in [0.25, 0.3) is 0 Å². The van der Waals surface area contributed by atoms with Gasteiger partial charge in [-0.2, -0.15) is 5.26 Å². The SMILES string of the molecule is Cc1cc(F)c(Nc2ccnc3c2C(=O)Cc2cc(C#N)ccc2N3)cc1O[Si](C)(C)C(C)(C)C. The first-order valence-electron chi connectivity index (χ1n) is 11.5. The second-order valence-corrected chi connectivity index (χ2v) is 15.1. The minimum Gasteiger partial charge on any atom is -0.543 e. The van der Waals surface area contributed by atoms with Crippen LogP contribution in [0.5, 0.6) is 5.75 Å².